The van der Waals surface area contributed by atoms with Crippen LogP contribution in [0.4, 0.5) is 5.13 Å². The van der Waals surface area contributed by atoms with Crippen molar-refractivity contribution in [3.63, 3.8) is 0 Å². The third kappa shape index (κ3) is 3.53. The van der Waals surface area contributed by atoms with Gasteiger partial charge < -0.3 is 14.2 Å². The number of hydrogen-bond acceptors (Lipinski definition) is 7. The Kier molecular flexibility index (Phi) is 4.63. The van der Waals surface area contributed by atoms with E-state index in [-0.39, 0.29) is 0 Å². The lowest BCUT2D eigenvalue weighted by Gasteiger charge is -2.31. The Morgan fingerprint density at radius 2 is 2.09 bits per heavy atom. The third-order valence-corrected chi connectivity index (χ3v) is 5.40. The fourth-order valence-electron chi connectivity index (χ4n) is 2.76. The summed E-state index contributed by atoms with van der Waals surface area (Å²) < 4.78 is 11.9. The number of hydrogen-bond donors (Lipinski definition) is 0. The first-order valence-electron chi connectivity index (χ1n) is 7.97. The Hall–Kier alpha value is -1.54. The predicted molar refractivity (Wildman–Crippen MR) is 89.6 cm³/mol. The van der Waals surface area contributed by atoms with Crippen LogP contribution in [0.5, 0.6) is 0 Å². The van der Waals surface area contributed by atoms with Gasteiger partial charge in [0.1, 0.15) is 17.8 Å². The number of aryl methyl sites for hydroxylation is 1. The maximum Gasteiger partial charge on any atom is 0.205 e. The molecule has 0 spiro atoms. The van der Waals surface area contributed by atoms with E-state index in [0.29, 0.717) is 5.92 Å². The molecule has 0 N–H and O–H groups in total. The minimum Gasteiger partial charge on any atom is -0.371 e. The first kappa shape index (κ1) is 16.3. The van der Waals surface area contributed by atoms with E-state index in [1.807, 2.05) is 25.5 Å². The SMILES string of the molecule is COC(C)(C)c1nsc(N2CCC(Cc3nncn3C)CC2)n1. The van der Waals surface area contributed by atoms with Crippen LogP contribution < -0.4 is 4.90 Å². The second-order valence-corrected chi connectivity index (χ2v) is 7.34. The molecule has 7 nitrogen and oxygen atoms in total. The quantitative estimate of drug-likeness (QED) is 0.832. The molecule has 2 aromatic heterocycles. The van der Waals surface area contributed by atoms with Crippen molar-refractivity contribution in [2.75, 3.05) is 25.1 Å². The first-order chi connectivity index (χ1) is 11.0. The average Bonchev–Trinajstić information content (AvgIpc) is 3.19. The van der Waals surface area contributed by atoms with Crippen LogP contribution in [0, 0.1) is 5.92 Å². The number of rotatable bonds is 5. The lowest BCUT2D eigenvalue weighted by atomic mass is 9.93. The summed E-state index contributed by atoms with van der Waals surface area (Å²) in [5, 5.41) is 9.15. The molecule has 0 aliphatic carbocycles. The average molecular weight is 336 g/mol. The zero-order valence-electron chi connectivity index (χ0n) is 14.2. The molecule has 0 atom stereocenters. The molecule has 1 saturated heterocycles. The summed E-state index contributed by atoms with van der Waals surface area (Å²) >= 11 is 1.47. The number of methoxy groups -OCH3 is 1. The highest BCUT2D eigenvalue weighted by atomic mass is 32.1. The van der Waals surface area contributed by atoms with Gasteiger partial charge in [-0.1, -0.05) is 0 Å². The van der Waals surface area contributed by atoms with Crippen molar-refractivity contribution in [3.05, 3.63) is 18.0 Å². The van der Waals surface area contributed by atoms with Gasteiger partial charge in [-0.05, 0) is 32.6 Å². The van der Waals surface area contributed by atoms with E-state index in [0.717, 1.165) is 49.1 Å². The smallest absolute Gasteiger partial charge is 0.205 e. The van der Waals surface area contributed by atoms with E-state index in [2.05, 4.69) is 24.5 Å². The maximum absolute atomic E-state index is 5.46. The Morgan fingerprint density at radius 3 is 2.70 bits per heavy atom. The summed E-state index contributed by atoms with van der Waals surface area (Å²) in [6.45, 7) is 6.02. The summed E-state index contributed by atoms with van der Waals surface area (Å²) in [6, 6.07) is 0. The van der Waals surface area contributed by atoms with Crippen LogP contribution in [0.25, 0.3) is 0 Å². The summed E-state index contributed by atoms with van der Waals surface area (Å²) in [4.78, 5) is 7.01. The van der Waals surface area contributed by atoms with Gasteiger partial charge in [-0.15, -0.1) is 10.2 Å². The molecule has 3 heterocycles. The van der Waals surface area contributed by atoms with Crippen molar-refractivity contribution in [1.82, 2.24) is 24.1 Å². The van der Waals surface area contributed by atoms with Crippen LogP contribution in [0.1, 0.15) is 38.3 Å². The lowest BCUT2D eigenvalue weighted by molar-refractivity contribution is 0.0125. The fraction of sp³-hybridized carbons (Fsp3) is 0.733. The Labute approximate surface area is 140 Å². The molecule has 0 amide bonds. The summed E-state index contributed by atoms with van der Waals surface area (Å²) in [5.41, 5.74) is -0.432. The van der Waals surface area contributed by atoms with E-state index in [1.165, 1.54) is 11.5 Å². The van der Waals surface area contributed by atoms with Crippen molar-refractivity contribution in [1.29, 1.82) is 0 Å². The van der Waals surface area contributed by atoms with Gasteiger partial charge in [0.2, 0.25) is 5.13 Å². The summed E-state index contributed by atoms with van der Waals surface area (Å²) in [6.07, 6.45) is 5.07. The third-order valence-electron chi connectivity index (χ3n) is 4.63. The Bertz CT molecular complexity index is 644. The molecule has 126 valence electrons. The summed E-state index contributed by atoms with van der Waals surface area (Å²) in [7, 11) is 3.70. The van der Waals surface area contributed by atoms with Crippen LogP contribution in [-0.4, -0.2) is 44.3 Å². The number of aromatic nitrogens is 5. The van der Waals surface area contributed by atoms with Gasteiger partial charge in [0.05, 0.1) is 0 Å². The molecule has 1 aliphatic heterocycles. The van der Waals surface area contributed by atoms with Crippen LogP contribution in [0.15, 0.2) is 6.33 Å². The molecule has 0 unspecified atom stereocenters. The second kappa shape index (κ2) is 6.52. The van der Waals surface area contributed by atoms with Gasteiger partial charge in [-0.25, -0.2) is 4.98 Å². The highest BCUT2D eigenvalue weighted by Crippen LogP contribution is 2.29. The zero-order chi connectivity index (χ0) is 16.4. The molecule has 1 aliphatic rings. The predicted octanol–water partition coefficient (Wildman–Crippen LogP) is 2.01. The van der Waals surface area contributed by atoms with Crippen LogP contribution in [0.3, 0.4) is 0 Å². The molecule has 0 bridgehead atoms. The largest absolute Gasteiger partial charge is 0.371 e. The molecular formula is C15H24N6OS. The number of nitrogens with zero attached hydrogens (tertiary/aromatic N) is 6. The molecule has 0 saturated carbocycles. The van der Waals surface area contributed by atoms with E-state index < -0.39 is 5.60 Å². The standard InChI is InChI=1S/C15H24N6OS/c1-15(2,22-4)13-17-14(23-19-13)21-7-5-11(6-8-21)9-12-18-16-10-20(12)3/h10-11H,5-9H2,1-4H3. The second-order valence-electron chi connectivity index (χ2n) is 6.61. The minimum atomic E-state index is -0.432. The first-order valence-corrected chi connectivity index (χ1v) is 8.74. The van der Waals surface area contributed by atoms with E-state index in [9.17, 15) is 0 Å². The van der Waals surface area contributed by atoms with Gasteiger partial charge in [-0.2, -0.15) is 4.37 Å². The number of piperidine rings is 1. The Balaban J connectivity index is 1.58. The highest BCUT2D eigenvalue weighted by Gasteiger charge is 2.28. The van der Waals surface area contributed by atoms with Crippen LogP contribution >= 0.6 is 11.5 Å². The van der Waals surface area contributed by atoms with Crippen molar-refractivity contribution in [2.45, 2.75) is 38.7 Å². The molecule has 23 heavy (non-hydrogen) atoms. The lowest BCUT2D eigenvalue weighted by Crippen LogP contribution is -2.34. The van der Waals surface area contributed by atoms with Gasteiger partial charge in [0, 0.05) is 45.2 Å². The van der Waals surface area contributed by atoms with E-state index in [4.69, 9.17) is 4.74 Å². The van der Waals surface area contributed by atoms with Gasteiger partial charge in [-0.3, -0.25) is 0 Å². The van der Waals surface area contributed by atoms with Gasteiger partial charge in [0.25, 0.3) is 0 Å². The number of ether oxygens (including phenoxy) is 1. The normalized spacial score (nSPS) is 17.0. The van der Waals surface area contributed by atoms with Gasteiger partial charge >= 0.3 is 0 Å². The molecule has 1 fully saturated rings. The molecule has 0 radical (unpaired) electrons. The van der Waals surface area contributed by atoms with Crippen LogP contribution in [0.2, 0.25) is 0 Å². The topological polar surface area (TPSA) is 69.0 Å². The van der Waals surface area contributed by atoms with Crippen molar-refractivity contribution >= 4 is 16.7 Å². The summed E-state index contributed by atoms with van der Waals surface area (Å²) in [5.74, 6) is 2.50. The molecule has 2 aromatic rings. The van der Waals surface area contributed by atoms with E-state index in [1.54, 1.807) is 13.4 Å². The maximum atomic E-state index is 5.46. The van der Waals surface area contributed by atoms with Crippen molar-refractivity contribution in [3.8, 4) is 0 Å². The number of anilines is 1. The highest BCUT2D eigenvalue weighted by molar-refractivity contribution is 7.09. The van der Waals surface area contributed by atoms with E-state index >= 15 is 0 Å². The van der Waals surface area contributed by atoms with Crippen molar-refractivity contribution < 1.29 is 4.74 Å². The molecular weight excluding hydrogens is 312 g/mol. The fourth-order valence-corrected chi connectivity index (χ4v) is 3.61. The van der Waals surface area contributed by atoms with Gasteiger partial charge in [0.15, 0.2) is 5.82 Å². The van der Waals surface area contributed by atoms with Crippen LogP contribution in [-0.2, 0) is 23.8 Å². The monoisotopic (exact) mass is 336 g/mol. The molecule has 0 aromatic carbocycles. The molecule has 3 rings (SSSR count). The minimum absolute atomic E-state index is 0.432. The molecule has 8 heteroatoms. The van der Waals surface area contributed by atoms with Crippen molar-refractivity contribution in [2.24, 2.45) is 13.0 Å². The zero-order valence-corrected chi connectivity index (χ0v) is 15.0. The Morgan fingerprint density at radius 1 is 1.35 bits per heavy atom.